The average molecular weight is 353 g/mol. The molecule has 0 aromatic heterocycles. The molecule has 0 aliphatic carbocycles. The first-order chi connectivity index (χ1) is 12.3. The Morgan fingerprint density at radius 2 is 1.73 bits per heavy atom. The number of nitro groups is 1. The molecule has 3 rings (SSSR count). The molecule has 0 bridgehead atoms. The fraction of sp³-hybridized carbons (Fsp3) is 0.167. The molecule has 1 aliphatic rings. The highest BCUT2D eigenvalue weighted by molar-refractivity contribution is 6.25. The first-order valence-electron chi connectivity index (χ1n) is 7.82. The molecule has 3 amide bonds. The van der Waals surface area contributed by atoms with Crippen molar-refractivity contribution in [1.29, 1.82) is 0 Å². The predicted octanol–water partition coefficient (Wildman–Crippen LogP) is 2.24. The number of nitrogens with zero attached hydrogens (tertiary/aromatic N) is 3. The summed E-state index contributed by atoms with van der Waals surface area (Å²) in [6, 6.07) is 11.5. The largest absolute Gasteiger partial charge is 0.314 e. The number of fused-ring (bicyclic) bond motifs is 1. The van der Waals surface area contributed by atoms with E-state index in [2.05, 4.69) is 0 Å². The van der Waals surface area contributed by atoms with Gasteiger partial charge in [-0.05, 0) is 25.1 Å². The van der Waals surface area contributed by atoms with Gasteiger partial charge in [-0.25, -0.2) is 0 Å². The maximum absolute atomic E-state index is 12.7. The number of carbonyl (C=O) groups is 3. The van der Waals surface area contributed by atoms with E-state index in [1.54, 1.807) is 30.3 Å². The third kappa shape index (κ3) is 2.61. The van der Waals surface area contributed by atoms with E-state index in [1.165, 1.54) is 31.0 Å². The van der Waals surface area contributed by atoms with Crippen molar-refractivity contribution in [1.82, 2.24) is 4.90 Å². The standard InChI is InChI=1S/C18H15N3O5/c1-11(16(22)19(2)12-7-4-3-5-8-12)20-17(23)13-9-6-10-14(21(25)26)15(13)18(20)24/h3-11H,1-2H3. The van der Waals surface area contributed by atoms with Gasteiger partial charge in [-0.15, -0.1) is 0 Å². The minimum Gasteiger partial charge on any atom is -0.314 e. The van der Waals surface area contributed by atoms with Crippen molar-refractivity contribution in [2.75, 3.05) is 11.9 Å². The molecule has 1 aliphatic heterocycles. The lowest BCUT2D eigenvalue weighted by molar-refractivity contribution is -0.385. The highest BCUT2D eigenvalue weighted by Crippen LogP contribution is 2.32. The lowest BCUT2D eigenvalue weighted by Gasteiger charge is -2.26. The molecule has 0 radical (unpaired) electrons. The number of para-hydroxylation sites is 1. The molecule has 26 heavy (non-hydrogen) atoms. The minimum atomic E-state index is -1.10. The average Bonchev–Trinajstić information content (AvgIpc) is 2.91. The zero-order chi connectivity index (χ0) is 19.0. The topological polar surface area (TPSA) is 101 Å². The van der Waals surface area contributed by atoms with Crippen molar-refractivity contribution in [3.63, 3.8) is 0 Å². The van der Waals surface area contributed by atoms with Gasteiger partial charge in [0.15, 0.2) is 0 Å². The summed E-state index contributed by atoms with van der Waals surface area (Å²) >= 11 is 0. The Labute approximate surface area is 148 Å². The molecular weight excluding hydrogens is 338 g/mol. The van der Waals surface area contributed by atoms with Crippen LogP contribution in [-0.2, 0) is 4.79 Å². The second-order valence-electron chi connectivity index (χ2n) is 5.85. The van der Waals surface area contributed by atoms with Crippen LogP contribution in [0.1, 0.15) is 27.6 Å². The summed E-state index contributed by atoms with van der Waals surface area (Å²) in [5.41, 5.74) is -0.179. The normalized spacial score (nSPS) is 14.2. The number of carbonyl (C=O) groups excluding carboxylic acids is 3. The van der Waals surface area contributed by atoms with Gasteiger partial charge >= 0.3 is 0 Å². The molecule has 0 N–H and O–H groups in total. The molecule has 1 atom stereocenters. The molecule has 0 fully saturated rings. The molecule has 0 spiro atoms. The van der Waals surface area contributed by atoms with Crippen LogP contribution >= 0.6 is 0 Å². The van der Waals surface area contributed by atoms with Gasteiger partial charge in [0.2, 0.25) is 5.91 Å². The summed E-state index contributed by atoms with van der Waals surface area (Å²) in [5, 5.41) is 11.2. The summed E-state index contributed by atoms with van der Waals surface area (Å²) < 4.78 is 0. The third-order valence-corrected chi connectivity index (χ3v) is 4.34. The summed E-state index contributed by atoms with van der Waals surface area (Å²) in [6.45, 7) is 1.43. The summed E-state index contributed by atoms with van der Waals surface area (Å²) in [4.78, 5) is 50.6. The number of likely N-dealkylation sites (N-methyl/N-ethyl adjacent to an activating group) is 1. The molecule has 0 saturated heterocycles. The second-order valence-corrected chi connectivity index (χ2v) is 5.85. The number of hydrogen-bond acceptors (Lipinski definition) is 5. The van der Waals surface area contributed by atoms with Crippen LogP contribution < -0.4 is 4.90 Å². The van der Waals surface area contributed by atoms with Crippen LogP contribution in [0.15, 0.2) is 48.5 Å². The van der Waals surface area contributed by atoms with Crippen LogP contribution in [0.5, 0.6) is 0 Å². The zero-order valence-electron chi connectivity index (χ0n) is 14.1. The lowest BCUT2D eigenvalue weighted by atomic mass is 10.1. The Kier molecular flexibility index (Phi) is 4.25. The number of nitro benzene ring substituents is 1. The summed E-state index contributed by atoms with van der Waals surface area (Å²) in [6.07, 6.45) is 0. The van der Waals surface area contributed by atoms with Crippen LogP contribution in [0.2, 0.25) is 0 Å². The SMILES string of the molecule is CC(C(=O)N(C)c1ccccc1)N1C(=O)c2cccc([N+](=O)[O-])c2C1=O. The van der Waals surface area contributed by atoms with Gasteiger partial charge in [0.05, 0.1) is 10.5 Å². The van der Waals surface area contributed by atoms with Gasteiger partial charge < -0.3 is 4.90 Å². The second kappa shape index (κ2) is 6.40. The van der Waals surface area contributed by atoms with Crippen molar-refractivity contribution in [2.24, 2.45) is 0 Å². The maximum atomic E-state index is 12.7. The number of amides is 3. The predicted molar refractivity (Wildman–Crippen MR) is 92.9 cm³/mol. The minimum absolute atomic E-state index is 0.0637. The summed E-state index contributed by atoms with van der Waals surface area (Å²) in [7, 11) is 1.54. The molecule has 1 heterocycles. The van der Waals surface area contributed by atoms with Crippen LogP contribution in [0.3, 0.4) is 0 Å². The summed E-state index contributed by atoms with van der Waals surface area (Å²) in [5.74, 6) is -2.02. The van der Waals surface area contributed by atoms with E-state index in [0.29, 0.717) is 5.69 Å². The number of benzene rings is 2. The fourth-order valence-corrected chi connectivity index (χ4v) is 2.96. The van der Waals surface area contributed by atoms with Gasteiger partial charge in [0, 0.05) is 18.8 Å². The Morgan fingerprint density at radius 1 is 1.08 bits per heavy atom. The van der Waals surface area contributed by atoms with E-state index in [0.717, 1.165) is 11.0 Å². The molecule has 0 saturated carbocycles. The first kappa shape index (κ1) is 17.3. The molecular formula is C18H15N3O5. The van der Waals surface area contributed by atoms with Crippen LogP contribution in [0.25, 0.3) is 0 Å². The van der Waals surface area contributed by atoms with Crippen LogP contribution in [0.4, 0.5) is 11.4 Å². The van der Waals surface area contributed by atoms with E-state index in [-0.39, 0.29) is 11.1 Å². The number of rotatable bonds is 4. The first-order valence-corrected chi connectivity index (χ1v) is 7.82. The monoisotopic (exact) mass is 353 g/mol. The Morgan fingerprint density at radius 3 is 2.35 bits per heavy atom. The van der Waals surface area contributed by atoms with Crippen molar-refractivity contribution in [2.45, 2.75) is 13.0 Å². The highest BCUT2D eigenvalue weighted by atomic mass is 16.6. The molecule has 2 aromatic rings. The van der Waals surface area contributed by atoms with Crippen molar-refractivity contribution >= 4 is 29.1 Å². The Balaban J connectivity index is 1.94. The van der Waals surface area contributed by atoms with E-state index in [9.17, 15) is 24.5 Å². The van der Waals surface area contributed by atoms with Gasteiger partial charge in [-0.1, -0.05) is 24.3 Å². The van der Waals surface area contributed by atoms with Gasteiger partial charge in [-0.3, -0.25) is 29.4 Å². The van der Waals surface area contributed by atoms with Crippen LogP contribution in [-0.4, -0.2) is 40.6 Å². The van der Waals surface area contributed by atoms with E-state index in [1.807, 2.05) is 0 Å². The Hall–Kier alpha value is -3.55. The highest BCUT2D eigenvalue weighted by Gasteiger charge is 2.45. The van der Waals surface area contributed by atoms with E-state index < -0.39 is 34.4 Å². The zero-order valence-corrected chi connectivity index (χ0v) is 14.1. The van der Waals surface area contributed by atoms with E-state index in [4.69, 9.17) is 0 Å². The number of imide groups is 1. The Bertz CT molecular complexity index is 926. The van der Waals surface area contributed by atoms with Gasteiger partial charge in [0.25, 0.3) is 17.5 Å². The molecule has 2 aromatic carbocycles. The molecule has 1 unspecified atom stereocenters. The quantitative estimate of drug-likeness (QED) is 0.477. The smallest absolute Gasteiger partial charge is 0.282 e. The fourth-order valence-electron chi connectivity index (χ4n) is 2.96. The molecule has 8 heteroatoms. The lowest BCUT2D eigenvalue weighted by Crippen LogP contribution is -2.48. The number of anilines is 1. The van der Waals surface area contributed by atoms with E-state index >= 15 is 0 Å². The molecule has 132 valence electrons. The van der Waals surface area contributed by atoms with Gasteiger partial charge in [0.1, 0.15) is 11.6 Å². The van der Waals surface area contributed by atoms with Gasteiger partial charge in [-0.2, -0.15) is 0 Å². The number of hydrogen-bond donors (Lipinski definition) is 0. The third-order valence-electron chi connectivity index (χ3n) is 4.34. The van der Waals surface area contributed by atoms with Crippen molar-refractivity contribution in [3.8, 4) is 0 Å². The maximum Gasteiger partial charge on any atom is 0.282 e. The van der Waals surface area contributed by atoms with Crippen LogP contribution in [0, 0.1) is 10.1 Å². The van der Waals surface area contributed by atoms with Crippen molar-refractivity contribution < 1.29 is 19.3 Å². The molecule has 8 nitrogen and oxygen atoms in total. The van der Waals surface area contributed by atoms with Crippen molar-refractivity contribution in [3.05, 3.63) is 69.8 Å².